The first-order valence-corrected chi connectivity index (χ1v) is 3.47. The lowest BCUT2D eigenvalue weighted by molar-refractivity contribution is -0.107. The first kappa shape index (κ1) is 8.52. The fourth-order valence-corrected chi connectivity index (χ4v) is 0.944. The molecule has 0 saturated carbocycles. The van der Waals surface area contributed by atoms with Gasteiger partial charge in [-0.3, -0.25) is 4.57 Å². The number of nitrogens with zero attached hydrogens (tertiary/aromatic N) is 1. The van der Waals surface area contributed by atoms with Crippen molar-refractivity contribution >= 4 is 12.4 Å². The molecule has 1 rings (SSSR count). The molecule has 0 saturated heterocycles. The van der Waals surface area contributed by atoms with E-state index < -0.39 is 6.09 Å². The zero-order chi connectivity index (χ0) is 8.97. The zero-order valence-electron chi connectivity index (χ0n) is 6.69. The summed E-state index contributed by atoms with van der Waals surface area (Å²) in [5.74, 6) is 0. The maximum absolute atomic E-state index is 11.0. The van der Waals surface area contributed by atoms with Crippen molar-refractivity contribution in [1.82, 2.24) is 4.57 Å². The summed E-state index contributed by atoms with van der Waals surface area (Å²) in [4.78, 5) is 21.2. The van der Waals surface area contributed by atoms with Crippen molar-refractivity contribution in [2.75, 3.05) is 7.11 Å². The summed E-state index contributed by atoms with van der Waals surface area (Å²) < 4.78 is 5.79. The van der Waals surface area contributed by atoms with Gasteiger partial charge in [-0.25, -0.2) is 4.79 Å². The molecule has 12 heavy (non-hydrogen) atoms. The third kappa shape index (κ3) is 1.53. The molecule has 0 radical (unpaired) electrons. The van der Waals surface area contributed by atoms with Crippen molar-refractivity contribution in [2.45, 2.75) is 6.42 Å². The van der Waals surface area contributed by atoms with Crippen LogP contribution in [0.5, 0.6) is 0 Å². The topological polar surface area (TPSA) is 48.3 Å². The van der Waals surface area contributed by atoms with Crippen LogP contribution >= 0.6 is 0 Å². The summed E-state index contributed by atoms with van der Waals surface area (Å²) >= 11 is 0. The molecule has 0 atom stereocenters. The quantitative estimate of drug-likeness (QED) is 0.613. The second-order valence-electron chi connectivity index (χ2n) is 2.21. The highest BCUT2D eigenvalue weighted by Crippen LogP contribution is 2.02. The highest BCUT2D eigenvalue weighted by molar-refractivity contribution is 5.72. The van der Waals surface area contributed by atoms with Gasteiger partial charge in [-0.1, -0.05) is 0 Å². The number of carbonyl (C=O) groups excluding carboxylic acids is 2. The molecule has 1 heterocycles. The van der Waals surface area contributed by atoms with E-state index in [1.807, 2.05) is 0 Å². The maximum Gasteiger partial charge on any atom is 0.417 e. The minimum atomic E-state index is -0.475. The third-order valence-corrected chi connectivity index (χ3v) is 1.50. The SMILES string of the molecule is COC(=O)n1cccc1CC=O. The van der Waals surface area contributed by atoms with Crippen LogP contribution in [0.3, 0.4) is 0 Å². The fraction of sp³-hybridized carbons (Fsp3) is 0.250. The molecule has 0 spiro atoms. The van der Waals surface area contributed by atoms with Gasteiger partial charge in [0.05, 0.1) is 7.11 Å². The summed E-state index contributed by atoms with van der Waals surface area (Å²) in [6.07, 6.45) is 2.05. The van der Waals surface area contributed by atoms with Crippen molar-refractivity contribution in [3.8, 4) is 0 Å². The van der Waals surface area contributed by atoms with Crippen LogP contribution in [-0.2, 0) is 16.0 Å². The lowest BCUT2D eigenvalue weighted by atomic mass is 10.3. The van der Waals surface area contributed by atoms with E-state index in [0.717, 1.165) is 6.29 Å². The van der Waals surface area contributed by atoms with Gasteiger partial charge in [0.1, 0.15) is 6.29 Å². The average Bonchev–Trinajstić information content (AvgIpc) is 2.52. The highest BCUT2D eigenvalue weighted by Gasteiger charge is 2.07. The van der Waals surface area contributed by atoms with Crippen LogP contribution in [0.15, 0.2) is 18.3 Å². The second-order valence-corrected chi connectivity index (χ2v) is 2.21. The van der Waals surface area contributed by atoms with E-state index in [-0.39, 0.29) is 6.42 Å². The molecule has 64 valence electrons. The van der Waals surface area contributed by atoms with Crippen molar-refractivity contribution in [2.24, 2.45) is 0 Å². The average molecular weight is 167 g/mol. The van der Waals surface area contributed by atoms with Crippen LogP contribution in [0.1, 0.15) is 5.69 Å². The van der Waals surface area contributed by atoms with E-state index in [0.29, 0.717) is 5.69 Å². The zero-order valence-corrected chi connectivity index (χ0v) is 6.69. The molecular formula is C8H9NO3. The molecule has 0 bridgehead atoms. The molecule has 0 N–H and O–H groups in total. The molecule has 0 aliphatic rings. The number of hydrogen-bond donors (Lipinski definition) is 0. The normalized spacial score (nSPS) is 9.42. The third-order valence-electron chi connectivity index (χ3n) is 1.50. The van der Waals surface area contributed by atoms with Gasteiger partial charge in [-0.2, -0.15) is 0 Å². The Bertz CT molecular complexity index is 290. The highest BCUT2D eigenvalue weighted by atomic mass is 16.5. The first-order valence-electron chi connectivity index (χ1n) is 3.47. The van der Waals surface area contributed by atoms with Gasteiger partial charge >= 0.3 is 6.09 Å². The van der Waals surface area contributed by atoms with E-state index in [4.69, 9.17) is 0 Å². The number of aldehydes is 1. The molecule has 0 unspecified atom stereocenters. The Morgan fingerprint density at radius 3 is 3.08 bits per heavy atom. The van der Waals surface area contributed by atoms with Gasteiger partial charge in [0.2, 0.25) is 0 Å². The molecule has 0 aliphatic carbocycles. The lowest BCUT2D eigenvalue weighted by Crippen LogP contribution is -2.13. The molecule has 0 fully saturated rings. The fourth-order valence-electron chi connectivity index (χ4n) is 0.944. The number of ether oxygens (including phenoxy) is 1. The van der Waals surface area contributed by atoms with E-state index in [1.165, 1.54) is 11.7 Å². The van der Waals surface area contributed by atoms with Crippen molar-refractivity contribution in [1.29, 1.82) is 0 Å². The summed E-state index contributed by atoms with van der Waals surface area (Å²) in [5, 5.41) is 0. The monoisotopic (exact) mass is 167 g/mol. The second kappa shape index (κ2) is 3.71. The summed E-state index contributed by atoms with van der Waals surface area (Å²) in [5.41, 5.74) is 0.636. The Balaban J connectivity index is 2.90. The van der Waals surface area contributed by atoms with Gasteiger partial charge < -0.3 is 9.53 Å². The van der Waals surface area contributed by atoms with Crippen LogP contribution in [0.4, 0.5) is 4.79 Å². The van der Waals surface area contributed by atoms with Crippen molar-refractivity contribution in [3.05, 3.63) is 24.0 Å². The molecular weight excluding hydrogens is 158 g/mol. The predicted octanol–water partition coefficient (Wildman–Crippen LogP) is 0.844. The molecule has 0 aromatic carbocycles. The van der Waals surface area contributed by atoms with E-state index in [2.05, 4.69) is 4.74 Å². The molecule has 1 aromatic rings. The maximum atomic E-state index is 11.0. The van der Waals surface area contributed by atoms with Crippen LogP contribution in [0, 0.1) is 0 Å². The summed E-state index contributed by atoms with van der Waals surface area (Å²) in [6, 6.07) is 3.39. The summed E-state index contributed by atoms with van der Waals surface area (Å²) in [7, 11) is 1.30. The number of rotatable bonds is 2. The number of aromatic nitrogens is 1. The largest absolute Gasteiger partial charge is 0.452 e. The predicted molar refractivity (Wildman–Crippen MR) is 42.0 cm³/mol. The Labute approximate surface area is 69.7 Å². The Hall–Kier alpha value is -1.58. The standard InChI is InChI=1S/C8H9NO3/c1-12-8(11)9-5-2-3-7(9)4-6-10/h2-3,5-6H,4H2,1H3. The molecule has 1 aromatic heterocycles. The lowest BCUT2D eigenvalue weighted by Gasteiger charge is -2.02. The van der Waals surface area contributed by atoms with Gasteiger partial charge in [0.25, 0.3) is 0 Å². The van der Waals surface area contributed by atoms with Gasteiger partial charge in [0, 0.05) is 18.3 Å². The molecule has 0 aliphatic heterocycles. The molecule has 0 amide bonds. The van der Waals surface area contributed by atoms with Gasteiger partial charge in [0.15, 0.2) is 0 Å². The smallest absolute Gasteiger partial charge is 0.417 e. The van der Waals surface area contributed by atoms with Gasteiger partial charge in [-0.15, -0.1) is 0 Å². The van der Waals surface area contributed by atoms with Crippen LogP contribution < -0.4 is 0 Å². The van der Waals surface area contributed by atoms with Crippen molar-refractivity contribution < 1.29 is 14.3 Å². The number of methoxy groups -OCH3 is 1. The van der Waals surface area contributed by atoms with E-state index >= 15 is 0 Å². The van der Waals surface area contributed by atoms with Crippen LogP contribution in [0.25, 0.3) is 0 Å². The van der Waals surface area contributed by atoms with E-state index in [1.54, 1.807) is 18.3 Å². The molecule has 4 heteroatoms. The Morgan fingerprint density at radius 2 is 2.50 bits per heavy atom. The van der Waals surface area contributed by atoms with Crippen LogP contribution in [-0.4, -0.2) is 24.1 Å². The summed E-state index contributed by atoms with van der Waals surface area (Å²) in [6.45, 7) is 0. The minimum Gasteiger partial charge on any atom is -0.452 e. The first-order chi connectivity index (χ1) is 5.79. The molecule has 4 nitrogen and oxygen atoms in total. The van der Waals surface area contributed by atoms with Gasteiger partial charge in [-0.05, 0) is 12.1 Å². The van der Waals surface area contributed by atoms with E-state index in [9.17, 15) is 9.59 Å². The Morgan fingerprint density at radius 1 is 1.75 bits per heavy atom. The van der Waals surface area contributed by atoms with Crippen molar-refractivity contribution in [3.63, 3.8) is 0 Å². The number of hydrogen-bond acceptors (Lipinski definition) is 3. The van der Waals surface area contributed by atoms with Crippen LogP contribution in [0.2, 0.25) is 0 Å². The Kier molecular flexibility index (Phi) is 2.63. The number of carbonyl (C=O) groups is 2. The minimum absolute atomic E-state index is 0.224.